The summed E-state index contributed by atoms with van der Waals surface area (Å²) < 4.78 is 4.25. The van der Waals surface area contributed by atoms with Gasteiger partial charge in [-0.2, -0.15) is 0 Å². The van der Waals surface area contributed by atoms with Crippen LogP contribution in [0.1, 0.15) is 68.9 Å². The second kappa shape index (κ2) is 6.51. The van der Waals surface area contributed by atoms with Crippen LogP contribution in [0.3, 0.4) is 0 Å². The highest BCUT2D eigenvalue weighted by molar-refractivity contribution is 5.87. The first-order chi connectivity index (χ1) is 11.4. The monoisotopic (exact) mass is 330 g/mol. The summed E-state index contributed by atoms with van der Waals surface area (Å²) in [4.78, 5) is 12.3. The normalized spacial score (nSPS) is 36.9. The van der Waals surface area contributed by atoms with Crippen molar-refractivity contribution in [2.45, 2.75) is 57.8 Å². The summed E-state index contributed by atoms with van der Waals surface area (Å²) in [6, 6.07) is 5.93. The molecule has 5 atom stereocenters. The van der Waals surface area contributed by atoms with Gasteiger partial charge in [-0.3, -0.25) is 4.79 Å². The lowest BCUT2D eigenvalue weighted by atomic mass is 9.54. The van der Waals surface area contributed by atoms with Crippen molar-refractivity contribution in [3.63, 3.8) is 0 Å². The van der Waals surface area contributed by atoms with Gasteiger partial charge in [0.05, 0.1) is 0 Å². The zero-order chi connectivity index (χ0) is 17.5. The number of ether oxygens (including phenoxy) is 1. The predicted octanol–water partition coefficient (Wildman–Crippen LogP) is 4.64. The van der Waals surface area contributed by atoms with Gasteiger partial charge in [0.1, 0.15) is 11.5 Å². The standard InChI is InChI=1S/C19H24O2.C2H6O/c1-11-9-16-14(13-4-3-12(20)10-15(11)13)7-8-19(2)17(16)5-6-18(19)21;1-3-2/h3-4,10-11,14,16-17,20H,5-9H2,1-2H3;1-2H3/t11-,14-,16-,17?,19+;/m1./s1. The Labute approximate surface area is 145 Å². The Morgan fingerprint density at radius 1 is 1.21 bits per heavy atom. The van der Waals surface area contributed by atoms with Crippen molar-refractivity contribution >= 4 is 5.78 Å². The van der Waals surface area contributed by atoms with Gasteiger partial charge in [0.2, 0.25) is 0 Å². The summed E-state index contributed by atoms with van der Waals surface area (Å²) >= 11 is 0. The van der Waals surface area contributed by atoms with Gasteiger partial charge in [0.25, 0.3) is 0 Å². The molecule has 1 N–H and O–H groups in total. The van der Waals surface area contributed by atoms with E-state index in [1.54, 1.807) is 14.2 Å². The van der Waals surface area contributed by atoms with Crippen LogP contribution in [-0.4, -0.2) is 25.1 Å². The average molecular weight is 330 g/mol. The molecule has 2 saturated carbocycles. The summed E-state index contributed by atoms with van der Waals surface area (Å²) in [6.45, 7) is 4.50. The van der Waals surface area contributed by atoms with Gasteiger partial charge in [0.15, 0.2) is 0 Å². The second-order valence-electron chi connectivity index (χ2n) is 8.15. The fourth-order valence-corrected chi connectivity index (χ4v) is 5.64. The molecule has 3 nitrogen and oxygen atoms in total. The quantitative estimate of drug-likeness (QED) is 0.754. The van der Waals surface area contributed by atoms with Crippen molar-refractivity contribution in [1.29, 1.82) is 0 Å². The van der Waals surface area contributed by atoms with Crippen molar-refractivity contribution in [2.24, 2.45) is 17.3 Å². The van der Waals surface area contributed by atoms with Gasteiger partial charge < -0.3 is 9.84 Å². The highest BCUT2D eigenvalue weighted by Crippen LogP contribution is 2.61. The first-order valence-electron chi connectivity index (χ1n) is 9.18. The van der Waals surface area contributed by atoms with E-state index in [2.05, 4.69) is 24.7 Å². The molecule has 0 saturated heterocycles. The minimum Gasteiger partial charge on any atom is -0.508 e. The third-order valence-corrected chi connectivity index (χ3v) is 6.77. The third-order valence-electron chi connectivity index (χ3n) is 6.77. The Bertz CT molecular complexity index is 624. The van der Waals surface area contributed by atoms with Gasteiger partial charge in [-0.05, 0) is 72.6 Å². The van der Waals surface area contributed by atoms with Crippen molar-refractivity contribution in [2.75, 3.05) is 14.2 Å². The van der Waals surface area contributed by atoms with E-state index in [0.29, 0.717) is 35.2 Å². The summed E-state index contributed by atoms with van der Waals surface area (Å²) in [7, 11) is 3.25. The number of phenolic OH excluding ortho intramolecular Hbond substituents is 1. The zero-order valence-electron chi connectivity index (χ0n) is 15.3. The van der Waals surface area contributed by atoms with Gasteiger partial charge >= 0.3 is 0 Å². The van der Waals surface area contributed by atoms with Crippen molar-refractivity contribution in [1.82, 2.24) is 0 Å². The molecule has 0 spiro atoms. The minimum atomic E-state index is -0.0463. The SMILES string of the molecule is COC.C[C@@H]1C[C@H]2C3CCC(=O)[C@@]3(C)CC[C@@H]2c2ccc(O)cc21. The Kier molecular flexibility index (Phi) is 4.74. The van der Waals surface area contributed by atoms with E-state index in [0.717, 1.165) is 25.7 Å². The van der Waals surface area contributed by atoms with E-state index in [9.17, 15) is 9.90 Å². The molecule has 3 aliphatic carbocycles. The number of phenols is 1. The molecular formula is C21H30O3. The van der Waals surface area contributed by atoms with Crippen LogP contribution in [0.2, 0.25) is 0 Å². The number of carbonyl (C=O) groups is 1. The molecule has 3 aliphatic rings. The van der Waals surface area contributed by atoms with E-state index in [1.165, 1.54) is 17.5 Å². The van der Waals surface area contributed by atoms with Gasteiger partial charge in [-0.15, -0.1) is 0 Å². The molecule has 4 rings (SSSR count). The highest BCUT2D eigenvalue weighted by Gasteiger charge is 2.55. The maximum atomic E-state index is 12.3. The highest BCUT2D eigenvalue weighted by atomic mass is 16.4. The van der Waals surface area contributed by atoms with Crippen molar-refractivity contribution < 1.29 is 14.6 Å². The Balaban J connectivity index is 0.000000526. The Hall–Kier alpha value is -1.35. The second-order valence-corrected chi connectivity index (χ2v) is 8.15. The van der Waals surface area contributed by atoms with E-state index in [-0.39, 0.29) is 5.41 Å². The molecule has 0 amide bonds. The molecule has 132 valence electrons. The largest absolute Gasteiger partial charge is 0.508 e. The summed E-state index contributed by atoms with van der Waals surface area (Å²) in [5.41, 5.74) is 2.73. The van der Waals surface area contributed by atoms with Crippen LogP contribution in [0.15, 0.2) is 18.2 Å². The average Bonchev–Trinajstić information content (AvgIpc) is 2.84. The van der Waals surface area contributed by atoms with Crippen LogP contribution in [-0.2, 0) is 9.53 Å². The van der Waals surface area contributed by atoms with Crippen LogP contribution in [0, 0.1) is 17.3 Å². The number of aromatic hydroxyl groups is 1. The van der Waals surface area contributed by atoms with E-state index in [1.807, 2.05) is 12.1 Å². The molecule has 0 aromatic heterocycles. The number of hydrogen-bond acceptors (Lipinski definition) is 3. The van der Waals surface area contributed by atoms with Crippen LogP contribution in [0.4, 0.5) is 0 Å². The molecular weight excluding hydrogens is 300 g/mol. The zero-order valence-corrected chi connectivity index (χ0v) is 15.3. The lowest BCUT2D eigenvalue weighted by Gasteiger charge is -2.49. The number of Topliss-reactive ketones (excluding diaryl/α,β-unsaturated/α-hetero) is 1. The van der Waals surface area contributed by atoms with E-state index < -0.39 is 0 Å². The van der Waals surface area contributed by atoms with E-state index >= 15 is 0 Å². The number of rotatable bonds is 0. The maximum absolute atomic E-state index is 12.3. The maximum Gasteiger partial charge on any atom is 0.139 e. The van der Waals surface area contributed by atoms with Crippen molar-refractivity contribution in [3.8, 4) is 5.75 Å². The summed E-state index contributed by atoms with van der Waals surface area (Å²) in [6.07, 6.45) is 5.24. The number of methoxy groups -OCH3 is 1. The molecule has 3 heteroatoms. The lowest BCUT2D eigenvalue weighted by Crippen LogP contribution is -2.42. The molecule has 24 heavy (non-hydrogen) atoms. The van der Waals surface area contributed by atoms with Crippen molar-refractivity contribution in [3.05, 3.63) is 29.3 Å². The number of benzene rings is 1. The molecule has 0 heterocycles. The van der Waals surface area contributed by atoms with Gasteiger partial charge in [-0.25, -0.2) is 0 Å². The molecule has 1 aromatic carbocycles. The molecule has 2 fully saturated rings. The van der Waals surface area contributed by atoms with E-state index in [4.69, 9.17) is 0 Å². The summed E-state index contributed by atoms with van der Waals surface area (Å²) in [5.74, 6) is 3.22. The Morgan fingerprint density at radius 3 is 2.62 bits per heavy atom. The molecule has 0 bridgehead atoms. The van der Waals surface area contributed by atoms with Gasteiger partial charge in [0, 0.05) is 26.1 Å². The fourth-order valence-electron chi connectivity index (χ4n) is 5.64. The first-order valence-corrected chi connectivity index (χ1v) is 9.18. The molecule has 1 unspecified atom stereocenters. The fraction of sp³-hybridized carbons (Fsp3) is 0.667. The predicted molar refractivity (Wildman–Crippen MR) is 95.4 cm³/mol. The summed E-state index contributed by atoms with van der Waals surface area (Å²) in [5, 5.41) is 9.78. The minimum absolute atomic E-state index is 0.0463. The number of fused-ring (bicyclic) bond motifs is 5. The molecule has 0 aliphatic heterocycles. The number of hydrogen-bond donors (Lipinski definition) is 1. The van der Waals surface area contributed by atoms with Gasteiger partial charge in [-0.1, -0.05) is 19.9 Å². The van der Waals surface area contributed by atoms with Crippen LogP contribution >= 0.6 is 0 Å². The third kappa shape index (κ3) is 2.67. The molecule has 1 aromatic rings. The number of ketones is 1. The smallest absolute Gasteiger partial charge is 0.139 e. The topological polar surface area (TPSA) is 46.5 Å². The van der Waals surface area contributed by atoms with Crippen LogP contribution in [0.25, 0.3) is 0 Å². The van der Waals surface area contributed by atoms with Crippen LogP contribution < -0.4 is 0 Å². The van der Waals surface area contributed by atoms with Crippen LogP contribution in [0.5, 0.6) is 5.75 Å². The molecule has 0 radical (unpaired) electrons. The Morgan fingerprint density at radius 2 is 1.92 bits per heavy atom. The number of carbonyl (C=O) groups excluding carboxylic acids is 1. The lowest BCUT2D eigenvalue weighted by molar-refractivity contribution is -0.129. The first kappa shape index (κ1) is 17.5.